The first-order valence-corrected chi connectivity index (χ1v) is 7.37. The number of nitrogens with zero attached hydrogens (tertiary/aromatic N) is 1. The molecule has 0 aliphatic carbocycles. The molecule has 0 bridgehead atoms. The lowest BCUT2D eigenvalue weighted by Crippen LogP contribution is -2.53. The minimum atomic E-state index is -0.540. The topological polar surface area (TPSA) is 29.5 Å². The maximum absolute atomic E-state index is 12.5. The Hall–Kier alpha value is -1.22. The summed E-state index contributed by atoms with van der Waals surface area (Å²) >= 11 is 6.04. The summed E-state index contributed by atoms with van der Waals surface area (Å²) < 4.78 is 5.30. The van der Waals surface area contributed by atoms with Crippen molar-refractivity contribution < 1.29 is 9.53 Å². The van der Waals surface area contributed by atoms with Gasteiger partial charge in [0.15, 0.2) is 0 Å². The number of carbonyl (C=O) groups excluding carboxylic acids is 1. The molecule has 0 saturated carbocycles. The van der Waals surface area contributed by atoms with Crippen LogP contribution in [0.3, 0.4) is 0 Å². The lowest BCUT2D eigenvalue weighted by molar-refractivity contribution is -0.119. The summed E-state index contributed by atoms with van der Waals surface area (Å²) in [4.78, 5) is 14.4. The van der Waals surface area contributed by atoms with Crippen molar-refractivity contribution in [1.82, 2.24) is 0 Å². The molecule has 2 atom stereocenters. The third-order valence-corrected chi connectivity index (χ3v) is 4.17. The number of halogens is 1. The van der Waals surface area contributed by atoms with Crippen LogP contribution in [0.5, 0.6) is 5.75 Å². The quantitative estimate of drug-likeness (QED) is 0.773. The van der Waals surface area contributed by atoms with E-state index in [2.05, 4.69) is 20.8 Å². The van der Waals surface area contributed by atoms with Gasteiger partial charge in [0, 0.05) is 11.6 Å². The van der Waals surface area contributed by atoms with Gasteiger partial charge >= 0.3 is 0 Å². The van der Waals surface area contributed by atoms with E-state index in [0.717, 1.165) is 17.9 Å². The molecular weight excluding hydrogens is 274 g/mol. The van der Waals surface area contributed by atoms with Crippen molar-refractivity contribution in [3.63, 3.8) is 0 Å². The van der Waals surface area contributed by atoms with Gasteiger partial charge in [-0.2, -0.15) is 0 Å². The maximum atomic E-state index is 12.5. The molecule has 1 amide bonds. The van der Waals surface area contributed by atoms with E-state index in [9.17, 15) is 4.79 Å². The zero-order valence-corrected chi connectivity index (χ0v) is 13.5. The fourth-order valence-electron chi connectivity index (χ4n) is 3.13. The van der Waals surface area contributed by atoms with Crippen molar-refractivity contribution in [2.45, 2.75) is 50.9 Å². The van der Waals surface area contributed by atoms with Gasteiger partial charge in [-0.3, -0.25) is 4.79 Å². The molecule has 0 radical (unpaired) electrons. The average Bonchev–Trinajstić information content (AvgIpc) is 2.36. The Morgan fingerprint density at radius 2 is 2.15 bits per heavy atom. The molecular formula is C16H22ClNO2. The van der Waals surface area contributed by atoms with Crippen molar-refractivity contribution in [3.8, 4) is 5.75 Å². The van der Waals surface area contributed by atoms with Crippen molar-refractivity contribution >= 4 is 23.2 Å². The summed E-state index contributed by atoms with van der Waals surface area (Å²) in [7, 11) is 1.63. The molecule has 1 aliphatic rings. The molecule has 3 nitrogen and oxygen atoms in total. The number of methoxy groups -OCH3 is 1. The fraction of sp³-hybridized carbons (Fsp3) is 0.562. The Morgan fingerprint density at radius 3 is 2.70 bits per heavy atom. The van der Waals surface area contributed by atoms with Crippen LogP contribution in [0.25, 0.3) is 0 Å². The van der Waals surface area contributed by atoms with Crippen LogP contribution in [-0.4, -0.2) is 23.9 Å². The zero-order valence-electron chi connectivity index (χ0n) is 12.7. The van der Waals surface area contributed by atoms with Crippen LogP contribution in [0.15, 0.2) is 18.2 Å². The number of ether oxygens (including phenoxy) is 1. The van der Waals surface area contributed by atoms with Crippen LogP contribution in [-0.2, 0) is 4.79 Å². The minimum absolute atomic E-state index is 0.0573. The molecule has 1 aromatic carbocycles. The molecule has 1 heterocycles. The van der Waals surface area contributed by atoms with Gasteiger partial charge in [0.1, 0.15) is 11.1 Å². The molecule has 2 rings (SSSR count). The summed E-state index contributed by atoms with van der Waals surface area (Å²) in [6.45, 7) is 8.09. The summed E-state index contributed by atoms with van der Waals surface area (Å²) in [5.74, 6) is 1.10. The van der Waals surface area contributed by atoms with Crippen LogP contribution in [0.2, 0.25) is 0 Å². The highest BCUT2D eigenvalue weighted by Crippen LogP contribution is 2.45. The second kappa shape index (κ2) is 5.28. The van der Waals surface area contributed by atoms with E-state index in [-0.39, 0.29) is 11.4 Å². The Kier molecular flexibility index (Phi) is 4.01. The molecule has 0 fully saturated rings. The van der Waals surface area contributed by atoms with Crippen LogP contribution in [0.1, 0.15) is 45.6 Å². The van der Waals surface area contributed by atoms with E-state index in [1.54, 1.807) is 14.0 Å². The lowest BCUT2D eigenvalue weighted by Gasteiger charge is -2.46. The molecule has 1 aliphatic heterocycles. The minimum Gasteiger partial charge on any atom is -0.497 e. The number of rotatable bonds is 2. The predicted octanol–water partition coefficient (Wildman–Crippen LogP) is 3.94. The van der Waals surface area contributed by atoms with Gasteiger partial charge in [0.2, 0.25) is 5.91 Å². The summed E-state index contributed by atoms with van der Waals surface area (Å²) in [5.41, 5.74) is 1.85. The second-order valence-electron chi connectivity index (χ2n) is 6.13. The SMILES string of the molecule is COc1ccc2c(c1)N(C(=O)[C@@H](C)Cl)C(C)(C)C[C@H]2C. The monoisotopic (exact) mass is 295 g/mol. The number of amides is 1. The maximum Gasteiger partial charge on any atom is 0.245 e. The first-order chi connectivity index (χ1) is 9.27. The predicted molar refractivity (Wildman–Crippen MR) is 82.9 cm³/mol. The Bertz CT molecular complexity index is 525. The van der Waals surface area contributed by atoms with Gasteiger partial charge in [-0.05, 0) is 44.7 Å². The number of carbonyl (C=O) groups is 1. The van der Waals surface area contributed by atoms with E-state index < -0.39 is 5.38 Å². The van der Waals surface area contributed by atoms with Gasteiger partial charge in [-0.1, -0.05) is 13.0 Å². The Balaban J connectivity index is 2.60. The normalized spacial score (nSPS) is 22.1. The smallest absolute Gasteiger partial charge is 0.245 e. The molecule has 20 heavy (non-hydrogen) atoms. The van der Waals surface area contributed by atoms with Gasteiger partial charge in [-0.25, -0.2) is 0 Å². The third kappa shape index (κ3) is 2.51. The van der Waals surface area contributed by atoms with Gasteiger partial charge in [0.05, 0.1) is 12.8 Å². The van der Waals surface area contributed by atoms with Crippen molar-refractivity contribution in [2.75, 3.05) is 12.0 Å². The Morgan fingerprint density at radius 1 is 1.50 bits per heavy atom. The molecule has 0 unspecified atom stereocenters. The van der Waals surface area contributed by atoms with E-state index >= 15 is 0 Å². The van der Waals surface area contributed by atoms with Crippen LogP contribution in [0.4, 0.5) is 5.69 Å². The number of alkyl halides is 1. The molecule has 0 spiro atoms. The first-order valence-electron chi connectivity index (χ1n) is 6.94. The van der Waals surface area contributed by atoms with Crippen molar-refractivity contribution in [3.05, 3.63) is 23.8 Å². The largest absolute Gasteiger partial charge is 0.497 e. The molecule has 110 valence electrons. The highest BCUT2D eigenvalue weighted by molar-refractivity contribution is 6.32. The van der Waals surface area contributed by atoms with Crippen molar-refractivity contribution in [1.29, 1.82) is 0 Å². The molecule has 0 saturated heterocycles. The van der Waals surface area contributed by atoms with Gasteiger partial charge in [-0.15, -0.1) is 11.6 Å². The standard InChI is InChI=1S/C16H22ClNO2/c1-10-9-16(3,4)18(15(19)11(2)17)14-8-12(20-5)6-7-13(10)14/h6-8,10-11H,9H2,1-5H3/t10-,11-/m1/s1. The van der Waals surface area contributed by atoms with Crippen LogP contribution in [0, 0.1) is 0 Å². The third-order valence-electron chi connectivity index (χ3n) is 3.98. The van der Waals surface area contributed by atoms with E-state index in [0.29, 0.717) is 5.92 Å². The number of benzene rings is 1. The number of anilines is 1. The number of fused-ring (bicyclic) bond motifs is 1. The average molecular weight is 296 g/mol. The summed E-state index contributed by atoms with van der Waals surface area (Å²) in [6.07, 6.45) is 0.918. The van der Waals surface area contributed by atoms with E-state index in [1.165, 1.54) is 5.56 Å². The van der Waals surface area contributed by atoms with Crippen LogP contribution < -0.4 is 9.64 Å². The van der Waals surface area contributed by atoms with E-state index in [1.807, 2.05) is 23.1 Å². The van der Waals surface area contributed by atoms with Crippen molar-refractivity contribution in [2.24, 2.45) is 0 Å². The number of hydrogen-bond donors (Lipinski definition) is 0. The highest BCUT2D eigenvalue weighted by atomic mass is 35.5. The second-order valence-corrected chi connectivity index (χ2v) is 6.79. The lowest BCUT2D eigenvalue weighted by atomic mass is 9.80. The Labute approximate surface area is 125 Å². The van der Waals surface area contributed by atoms with Gasteiger partial charge in [0.25, 0.3) is 0 Å². The molecule has 4 heteroatoms. The highest BCUT2D eigenvalue weighted by Gasteiger charge is 2.41. The fourth-order valence-corrected chi connectivity index (χ4v) is 3.23. The zero-order chi connectivity index (χ0) is 15.1. The number of hydrogen-bond acceptors (Lipinski definition) is 2. The molecule has 0 N–H and O–H groups in total. The molecule has 1 aromatic rings. The summed E-state index contributed by atoms with van der Waals surface area (Å²) in [6, 6.07) is 5.93. The van der Waals surface area contributed by atoms with Gasteiger partial charge < -0.3 is 9.64 Å². The van der Waals surface area contributed by atoms with E-state index in [4.69, 9.17) is 16.3 Å². The molecule has 0 aromatic heterocycles. The first kappa shape index (κ1) is 15.2. The van der Waals surface area contributed by atoms with Crippen LogP contribution >= 0.6 is 11.6 Å². The summed E-state index contributed by atoms with van der Waals surface area (Å²) in [5, 5.41) is -0.540.